The maximum absolute atomic E-state index is 10.1. The van der Waals surface area contributed by atoms with Gasteiger partial charge in [0, 0.05) is 0 Å². The summed E-state index contributed by atoms with van der Waals surface area (Å²) in [5.74, 6) is -0.816. The third-order valence-corrected chi connectivity index (χ3v) is 1.78. The first-order valence-corrected chi connectivity index (χ1v) is 3.67. The number of carboxylic acid groups (broad SMARTS) is 1. The smallest absolute Gasteiger partial charge is 0.317 e. The molecule has 0 radical (unpaired) electrons. The van der Waals surface area contributed by atoms with E-state index < -0.39 is 10.8 Å². The number of alkyl halides is 1. The molecule has 1 atom stereocenters. The SMILES string of the molecule is NCCC[C@H](Br)C(=O)O. The van der Waals surface area contributed by atoms with E-state index in [4.69, 9.17) is 10.8 Å². The summed E-state index contributed by atoms with van der Waals surface area (Å²) >= 11 is 2.99. The average Bonchev–Trinajstić information content (AvgIpc) is 1.82. The van der Waals surface area contributed by atoms with Crippen LogP contribution in [-0.4, -0.2) is 22.4 Å². The molecule has 3 nitrogen and oxygen atoms in total. The second-order valence-corrected chi connectivity index (χ2v) is 2.84. The van der Waals surface area contributed by atoms with E-state index >= 15 is 0 Å². The molecule has 9 heavy (non-hydrogen) atoms. The van der Waals surface area contributed by atoms with E-state index in [1.54, 1.807) is 0 Å². The minimum atomic E-state index is -0.816. The van der Waals surface area contributed by atoms with Gasteiger partial charge in [0.15, 0.2) is 0 Å². The number of aliphatic carboxylic acids is 1. The van der Waals surface area contributed by atoms with Crippen LogP contribution in [0.5, 0.6) is 0 Å². The van der Waals surface area contributed by atoms with Crippen molar-refractivity contribution in [3.05, 3.63) is 0 Å². The highest BCUT2D eigenvalue weighted by atomic mass is 79.9. The van der Waals surface area contributed by atoms with Crippen LogP contribution in [0.1, 0.15) is 12.8 Å². The van der Waals surface area contributed by atoms with E-state index in [9.17, 15) is 4.79 Å². The van der Waals surface area contributed by atoms with Crippen molar-refractivity contribution in [3.63, 3.8) is 0 Å². The Kier molecular flexibility index (Phi) is 4.71. The van der Waals surface area contributed by atoms with Crippen molar-refractivity contribution in [1.82, 2.24) is 0 Å². The van der Waals surface area contributed by atoms with Crippen molar-refractivity contribution in [3.8, 4) is 0 Å². The molecule has 0 aliphatic carbocycles. The highest BCUT2D eigenvalue weighted by molar-refractivity contribution is 9.10. The maximum Gasteiger partial charge on any atom is 0.317 e. The number of carboxylic acids is 1. The molecule has 0 aromatic rings. The summed E-state index contributed by atoms with van der Waals surface area (Å²) in [6, 6.07) is 0. The normalized spacial score (nSPS) is 13.1. The van der Waals surface area contributed by atoms with E-state index in [2.05, 4.69) is 15.9 Å². The fourth-order valence-electron chi connectivity index (χ4n) is 0.421. The third-order valence-electron chi connectivity index (χ3n) is 0.930. The lowest BCUT2D eigenvalue weighted by atomic mass is 10.2. The Morgan fingerprint density at radius 1 is 1.78 bits per heavy atom. The Hall–Kier alpha value is -0.0900. The van der Waals surface area contributed by atoms with Gasteiger partial charge in [0.1, 0.15) is 4.83 Å². The van der Waals surface area contributed by atoms with Crippen LogP contribution in [0.3, 0.4) is 0 Å². The molecule has 0 aliphatic rings. The first kappa shape index (κ1) is 8.91. The van der Waals surface area contributed by atoms with E-state index in [1.807, 2.05) is 0 Å². The highest BCUT2D eigenvalue weighted by Gasteiger charge is 2.10. The Bertz CT molecular complexity index is 97.0. The van der Waals surface area contributed by atoms with Gasteiger partial charge in [-0.3, -0.25) is 4.79 Å². The van der Waals surface area contributed by atoms with Gasteiger partial charge in [-0.1, -0.05) is 15.9 Å². The summed E-state index contributed by atoms with van der Waals surface area (Å²) in [6.07, 6.45) is 1.36. The molecule has 0 aliphatic heterocycles. The van der Waals surface area contributed by atoms with Crippen molar-refractivity contribution in [2.75, 3.05) is 6.54 Å². The van der Waals surface area contributed by atoms with Gasteiger partial charge in [-0.25, -0.2) is 0 Å². The van der Waals surface area contributed by atoms with Crippen molar-refractivity contribution >= 4 is 21.9 Å². The highest BCUT2D eigenvalue weighted by Crippen LogP contribution is 2.06. The Morgan fingerprint density at radius 2 is 2.33 bits per heavy atom. The molecule has 54 valence electrons. The number of halogens is 1. The predicted molar refractivity (Wildman–Crippen MR) is 38.6 cm³/mol. The third kappa shape index (κ3) is 4.42. The molecule has 0 saturated heterocycles. The summed E-state index contributed by atoms with van der Waals surface area (Å²) in [5.41, 5.74) is 5.16. The van der Waals surface area contributed by atoms with Gasteiger partial charge >= 0.3 is 5.97 Å². The van der Waals surface area contributed by atoms with Gasteiger partial charge in [0.05, 0.1) is 0 Å². The second-order valence-electron chi connectivity index (χ2n) is 1.74. The average molecular weight is 196 g/mol. The molecular weight excluding hydrogens is 186 g/mol. The fraction of sp³-hybridized carbons (Fsp3) is 0.800. The van der Waals surface area contributed by atoms with Gasteiger partial charge < -0.3 is 10.8 Å². The zero-order valence-corrected chi connectivity index (χ0v) is 6.60. The zero-order valence-electron chi connectivity index (χ0n) is 5.01. The first-order chi connectivity index (χ1) is 4.18. The van der Waals surface area contributed by atoms with E-state index in [0.717, 1.165) is 6.42 Å². The summed E-state index contributed by atoms with van der Waals surface area (Å²) in [4.78, 5) is 9.69. The van der Waals surface area contributed by atoms with E-state index in [1.165, 1.54) is 0 Å². The van der Waals surface area contributed by atoms with Crippen molar-refractivity contribution < 1.29 is 9.90 Å². The van der Waals surface area contributed by atoms with Crippen molar-refractivity contribution in [2.24, 2.45) is 5.73 Å². The largest absolute Gasteiger partial charge is 0.480 e. The lowest BCUT2D eigenvalue weighted by Crippen LogP contribution is -2.14. The maximum atomic E-state index is 10.1. The van der Waals surface area contributed by atoms with Gasteiger partial charge in [0.25, 0.3) is 0 Å². The van der Waals surface area contributed by atoms with Crippen LogP contribution in [0, 0.1) is 0 Å². The van der Waals surface area contributed by atoms with Gasteiger partial charge in [-0.2, -0.15) is 0 Å². The molecule has 0 amide bonds. The molecule has 0 rings (SSSR count). The lowest BCUT2D eigenvalue weighted by molar-refractivity contribution is -0.136. The lowest BCUT2D eigenvalue weighted by Gasteiger charge is -2.00. The minimum Gasteiger partial charge on any atom is -0.480 e. The summed E-state index contributed by atoms with van der Waals surface area (Å²) in [7, 11) is 0. The molecule has 0 bridgehead atoms. The molecule has 4 heteroatoms. The monoisotopic (exact) mass is 195 g/mol. The van der Waals surface area contributed by atoms with Crippen LogP contribution in [0.15, 0.2) is 0 Å². The standard InChI is InChI=1S/C5H10BrNO2/c6-4(5(8)9)2-1-3-7/h4H,1-3,7H2,(H,8,9)/t4-/m0/s1. The van der Waals surface area contributed by atoms with Crippen LogP contribution in [0.25, 0.3) is 0 Å². The summed E-state index contributed by atoms with van der Waals surface area (Å²) < 4.78 is 0. The molecule has 0 aromatic heterocycles. The molecule has 0 heterocycles. The molecule has 0 fully saturated rings. The van der Waals surface area contributed by atoms with Crippen LogP contribution in [-0.2, 0) is 4.79 Å². The van der Waals surface area contributed by atoms with Gasteiger partial charge in [-0.05, 0) is 19.4 Å². The number of hydrogen-bond donors (Lipinski definition) is 2. The van der Waals surface area contributed by atoms with Crippen molar-refractivity contribution in [1.29, 1.82) is 0 Å². The van der Waals surface area contributed by atoms with Gasteiger partial charge in [0.2, 0.25) is 0 Å². The number of nitrogens with two attached hydrogens (primary N) is 1. The summed E-state index contributed by atoms with van der Waals surface area (Å²) in [6.45, 7) is 0.551. The van der Waals surface area contributed by atoms with E-state index in [-0.39, 0.29) is 0 Å². The number of hydrogen-bond acceptors (Lipinski definition) is 2. The molecular formula is C5H10BrNO2. The molecule has 0 spiro atoms. The quantitative estimate of drug-likeness (QED) is 0.646. The minimum absolute atomic E-state index is 0.430. The first-order valence-electron chi connectivity index (χ1n) is 2.75. The fourth-order valence-corrected chi connectivity index (χ4v) is 0.744. The molecule has 0 unspecified atom stereocenters. The summed E-state index contributed by atoms with van der Waals surface area (Å²) in [5, 5.41) is 8.32. The topological polar surface area (TPSA) is 63.3 Å². The predicted octanol–water partition coefficient (Wildman–Crippen LogP) is 0.573. The van der Waals surface area contributed by atoms with E-state index in [0.29, 0.717) is 13.0 Å². The Balaban J connectivity index is 3.27. The number of rotatable bonds is 4. The molecule has 3 N–H and O–H groups in total. The molecule has 0 saturated carbocycles. The molecule has 0 aromatic carbocycles. The second kappa shape index (κ2) is 4.76. The van der Waals surface area contributed by atoms with Crippen molar-refractivity contribution in [2.45, 2.75) is 17.7 Å². The zero-order chi connectivity index (χ0) is 7.28. The van der Waals surface area contributed by atoms with Crippen LogP contribution in [0.4, 0.5) is 0 Å². The van der Waals surface area contributed by atoms with Crippen LogP contribution < -0.4 is 5.73 Å². The number of carbonyl (C=O) groups is 1. The Labute approximate surface area is 62.4 Å². The van der Waals surface area contributed by atoms with Gasteiger partial charge in [-0.15, -0.1) is 0 Å². The van der Waals surface area contributed by atoms with Crippen LogP contribution >= 0.6 is 15.9 Å². The van der Waals surface area contributed by atoms with Crippen LogP contribution in [0.2, 0.25) is 0 Å². The Morgan fingerprint density at radius 3 is 2.67 bits per heavy atom.